The molecule has 0 spiro atoms. The van der Waals surface area contributed by atoms with E-state index in [9.17, 15) is 0 Å². The van der Waals surface area contributed by atoms with Crippen molar-refractivity contribution < 1.29 is 4.74 Å². The first kappa shape index (κ1) is 14.5. The molecule has 1 aromatic carbocycles. The van der Waals surface area contributed by atoms with Crippen molar-refractivity contribution in [2.45, 2.75) is 32.4 Å². The average molecular weight is 262 g/mol. The summed E-state index contributed by atoms with van der Waals surface area (Å²) < 4.78 is 5.66. The van der Waals surface area contributed by atoms with Crippen LogP contribution in [0.1, 0.15) is 31.9 Å². The number of hydrogen-bond acceptors (Lipinski definition) is 3. The minimum atomic E-state index is 0.319. The van der Waals surface area contributed by atoms with E-state index < -0.39 is 0 Å². The monoisotopic (exact) mass is 262 g/mol. The van der Waals surface area contributed by atoms with Gasteiger partial charge >= 0.3 is 0 Å². The normalized spacial score (nSPS) is 22.9. The van der Waals surface area contributed by atoms with Crippen LogP contribution in [0, 0.1) is 0 Å². The molecule has 2 atom stereocenters. The van der Waals surface area contributed by atoms with Gasteiger partial charge in [0.25, 0.3) is 0 Å². The Morgan fingerprint density at radius 2 is 2.16 bits per heavy atom. The van der Waals surface area contributed by atoms with E-state index in [0.29, 0.717) is 12.1 Å². The van der Waals surface area contributed by atoms with Crippen LogP contribution in [0.5, 0.6) is 0 Å². The molecule has 0 radical (unpaired) electrons. The maximum Gasteiger partial charge on any atom is 0.0673 e. The third-order valence-electron chi connectivity index (χ3n) is 3.65. The molecule has 1 saturated heterocycles. The highest BCUT2D eigenvalue weighted by Crippen LogP contribution is 2.17. The van der Waals surface area contributed by atoms with Crippen molar-refractivity contribution in [3.63, 3.8) is 0 Å². The van der Waals surface area contributed by atoms with Gasteiger partial charge in [-0.2, -0.15) is 0 Å². The molecule has 0 aromatic heterocycles. The van der Waals surface area contributed by atoms with Crippen LogP contribution in [0.15, 0.2) is 30.3 Å². The summed E-state index contributed by atoms with van der Waals surface area (Å²) in [4.78, 5) is 2.53. The summed E-state index contributed by atoms with van der Waals surface area (Å²) in [6.07, 6.45) is 1.53. The van der Waals surface area contributed by atoms with Crippen molar-refractivity contribution >= 4 is 0 Å². The number of nitrogens with zero attached hydrogens (tertiary/aromatic N) is 1. The molecule has 1 aliphatic rings. The van der Waals surface area contributed by atoms with E-state index in [1.54, 1.807) is 0 Å². The van der Waals surface area contributed by atoms with Crippen molar-refractivity contribution in [2.75, 3.05) is 32.8 Å². The van der Waals surface area contributed by atoms with E-state index in [1.165, 1.54) is 12.0 Å². The molecule has 0 amide bonds. The molecule has 0 aliphatic carbocycles. The van der Waals surface area contributed by atoms with Gasteiger partial charge in [-0.3, -0.25) is 4.90 Å². The molecule has 0 saturated carbocycles. The molecule has 2 unspecified atom stereocenters. The highest BCUT2D eigenvalue weighted by Gasteiger charge is 2.20. The molecular formula is C16H26N2O. The van der Waals surface area contributed by atoms with Crippen molar-refractivity contribution in [3.05, 3.63) is 35.9 Å². The molecule has 3 heteroatoms. The molecule has 3 nitrogen and oxygen atoms in total. The van der Waals surface area contributed by atoms with Crippen LogP contribution >= 0.6 is 0 Å². The van der Waals surface area contributed by atoms with Crippen LogP contribution in [-0.4, -0.2) is 43.8 Å². The van der Waals surface area contributed by atoms with Gasteiger partial charge in [-0.05, 0) is 38.9 Å². The van der Waals surface area contributed by atoms with Crippen LogP contribution in [0.25, 0.3) is 0 Å². The second-order valence-corrected chi connectivity index (χ2v) is 5.30. The number of rotatable bonds is 5. The Labute approximate surface area is 116 Å². The van der Waals surface area contributed by atoms with Crippen LogP contribution in [0.3, 0.4) is 0 Å². The molecule has 106 valence electrons. The maximum atomic E-state index is 5.66. The lowest BCUT2D eigenvalue weighted by molar-refractivity contribution is 0.0452. The first-order valence-corrected chi connectivity index (χ1v) is 7.42. The minimum absolute atomic E-state index is 0.319. The topological polar surface area (TPSA) is 24.5 Å². The van der Waals surface area contributed by atoms with Gasteiger partial charge < -0.3 is 10.1 Å². The molecule has 1 aliphatic heterocycles. The van der Waals surface area contributed by atoms with Gasteiger partial charge in [0.1, 0.15) is 0 Å². The van der Waals surface area contributed by atoms with Crippen molar-refractivity contribution in [3.8, 4) is 0 Å². The number of nitrogens with one attached hydrogen (secondary N) is 1. The van der Waals surface area contributed by atoms with E-state index in [0.717, 1.165) is 32.8 Å². The first-order chi connectivity index (χ1) is 9.29. The molecule has 0 bridgehead atoms. The Hall–Kier alpha value is -0.900. The fourth-order valence-corrected chi connectivity index (χ4v) is 2.77. The van der Waals surface area contributed by atoms with Crippen molar-refractivity contribution in [1.29, 1.82) is 0 Å². The Morgan fingerprint density at radius 1 is 1.37 bits per heavy atom. The fourth-order valence-electron chi connectivity index (χ4n) is 2.77. The summed E-state index contributed by atoms with van der Waals surface area (Å²) in [5, 5.41) is 3.65. The van der Waals surface area contributed by atoms with E-state index >= 15 is 0 Å². The predicted octanol–water partition coefficient (Wildman–Crippen LogP) is 2.45. The fraction of sp³-hybridized carbons (Fsp3) is 0.625. The summed E-state index contributed by atoms with van der Waals surface area (Å²) in [6, 6.07) is 11.2. The number of ether oxygens (including phenoxy) is 1. The van der Waals surface area contributed by atoms with Gasteiger partial charge in [-0.15, -0.1) is 0 Å². The molecule has 1 N–H and O–H groups in total. The number of benzene rings is 1. The van der Waals surface area contributed by atoms with Crippen LogP contribution in [0.2, 0.25) is 0 Å². The van der Waals surface area contributed by atoms with E-state index in [1.807, 2.05) is 0 Å². The zero-order chi connectivity index (χ0) is 13.5. The predicted molar refractivity (Wildman–Crippen MR) is 79.3 cm³/mol. The summed E-state index contributed by atoms with van der Waals surface area (Å²) in [5.74, 6) is 0. The maximum absolute atomic E-state index is 5.66. The van der Waals surface area contributed by atoms with Crippen LogP contribution in [0.4, 0.5) is 0 Å². The summed E-state index contributed by atoms with van der Waals surface area (Å²) in [7, 11) is 0. The minimum Gasteiger partial charge on any atom is -0.377 e. The Bertz CT molecular complexity index is 355. The van der Waals surface area contributed by atoms with Crippen molar-refractivity contribution in [2.24, 2.45) is 0 Å². The molecule has 19 heavy (non-hydrogen) atoms. The highest BCUT2D eigenvalue weighted by molar-refractivity contribution is 5.19. The van der Waals surface area contributed by atoms with E-state index in [2.05, 4.69) is 54.4 Å². The standard InChI is InChI=1S/C16H26N2O/c1-3-19-14(2)12-18-11-7-10-17-16(13-18)15-8-5-4-6-9-15/h4-6,8-9,14,16-17H,3,7,10-13H2,1-2H3. The van der Waals surface area contributed by atoms with Crippen molar-refractivity contribution in [1.82, 2.24) is 10.2 Å². The molecule has 1 heterocycles. The number of hydrogen-bond donors (Lipinski definition) is 1. The van der Waals surface area contributed by atoms with Gasteiger partial charge in [0.15, 0.2) is 0 Å². The zero-order valence-corrected chi connectivity index (χ0v) is 12.1. The van der Waals surface area contributed by atoms with E-state index in [4.69, 9.17) is 4.74 Å². The summed E-state index contributed by atoms with van der Waals surface area (Å²) >= 11 is 0. The molecule has 2 rings (SSSR count). The molecule has 1 fully saturated rings. The Morgan fingerprint density at radius 3 is 2.89 bits per heavy atom. The quantitative estimate of drug-likeness (QED) is 0.882. The summed E-state index contributed by atoms with van der Waals surface area (Å²) in [5.41, 5.74) is 1.39. The molecular weight excluding hydrogens is 236 g/mol. The largest absolute Gasteiger partial charge is 0.377 e. The average Bonchev–Trinajstić information content (AvgIpc) is 2.65. The van der Waals surface area contributed by atoms with Gasteiger partial charge in [0.2, 0.25) is 0 Å². The van der Waals surface area contributed by atoms with Crippen LogP contribution < -0.4 is 5.32 Å². The lowest BCUT2D eigenvalue weighted by Crippen LogP contribution is -2.36. The summed E-state index contributed by atoms with van der Waals surface area (Å²) in [6.45, 7) is 9.38. The smallest absolute Gasteiger partial charge is 0.0673 e. The Balaban J connectivity index is 1.95. The van der Waals surface area contributed by atoms with Crippen LogP contribution in [-0.2, 0) is 4.74 Å². The zero-order valence-electron chi connectivity index (χ0n) is 12.1. The second-order valence-electron chi connectivity index (χ2n) is 5.30. The second kappa shape index (κ2) is 7.63. The van der Waals surface area contributed by atoms with Gasteiger partial charge in [-0.1, -0.05) is 30.3 Å². The first-order valence-electron chi connectivity index (χ1n) is 7.42. The van der Waals surface area contributed by atoms with E-state index in [-0.39, 0.29) is 0 Å². The van der Waals surface area contributed by atoms with Gasteiger partial charge in [-0.25, -0.2) is 0 Å². The Kier molecular flexibility index (Phi) is 5.83. The molecule has 1 aromatic rings. The lowest BCUT2D eigenvalue weighted by Gasteiger charge is -2.27. The highest BCUT2D eigenvalue weighted by atomic mass is 16.5. The third kappa shape index (κ3) is 4.60. The SMILES string of the molecule is CCOC(C)CN1CCCNC(c2ccccc2)C1. The lowest BCUT2D eigenvalue weighted by atomic mass is 10.1. The third-order valence-corrected chi connectivity index (χ3v) is 3.65. The van der Waals surface area contributed by atoms with Gasteiger partial charge in [0.05, 0.1) is 6.10 Å². The van der Waals surface area contributed by atoms with Gasteiger partial charge in [0, 0.05) is 25.7 Å².